The van der Waals surface area contributed by atoms with E-state index in [9.17, 15) is 18.4 Å². The van der Waals surface area contributed by atoms with E-state index in [2.05, 4.69) is 4.74 Å². The van der Waals surface area contributed by atoms with Gasteiger partial charge < -0.3 is 14.4 Å². The summed E-state index contributed by atoms with van der Waals surface area (Å²) in [7, 11) is 0. The van der Waals surface area contributed by atoms with Crippen LogP contribution in [0, 0.1) is 5.82 Å². The third-order valence-corrected chi connectivity index (χ3v) is 3.65. The first-order valence-electron chi connectivity index (χ1n) is 5.98. The largest absolute Gasteiger partial charge is 0.511 e. The lowest BCUT2D eigenvalue weighted by molar-refractivity contribution is 0.143. The molecule has 0 amide bonds. The van der Waals surface area contributed by atoms with Gasteiger partial charge in [-0.2, -0.15) is 0 Å². The van der Waals surface area contributed by atoms with Crippen molar-refractivity contribution in [1.82, 2.24) is 4.57 Å². The predicted molar refractivity (Wildman–Crippen MR) is 70.4 cm³/mol. The van der Waals surface area contributed by atoms with Gasteiger partial charge in [0.1, 0.15) is 17.0 Å². The normalized spacial score (nSPS) is 20.5. The zero-order valence-electron chi connectivity index (χ0n) is 10.3. The standard InChI is InChI=1S/C13H8ClF2NO4/c14-10-6(15)2-1-5-11(10)17(8-3-7(8)16)4-9(12(5)18)21-13(19)20/h1-2,4,7-8H,3H2,(H,19,20)/t7-,8-/m1/s1. The van der Waals surface area contributed by atoms with Gasteiger partial charge in [-0.15, -0.1) is 0 Å². The molecule has 0 aliphatic heterocycles. The third-order valence-electron chi connectivity index (χ3n) is 3.29. The molecule has 0 saturated heterocycles. The van der Waals surface area contributed by atoms with Crippen molar-refractivity contribution in [2.45, 2.75) is 18.6 Å². The van der Waals surface area contributed by atoms with Crippen molar-refractivity contribution in [2.75, 3.05) is 0 Å². The molecule has 110 valence electrons. The van der Waals surface area contributed by atoms with Crippen LogP contribution in [0.5, 0.6) is 5.75 Å². The second kappa shape index (κ2) is 4.70. The SMILES string of the molecule is O=C(O)Oc1cn([C@@H]2C[C@H]2F)c2c(Cl)c(F)ccc2c1=O. The monoisotopic (exact) mass is 315 g/mol. The molecule has 1 aromatic heterocycles. The number of ether oxygens (including phenoxy) is 1. The van der Waals surface area contributed by atoms with E-state index in [0.29, 0.717) is 0 Å². The summed E-state index contributed by atoms with van der Waals surface area (Å²) in [5.74, 6) is -1.22. The van der Waals surface area contributed by atoms with Gasteiger partial charge in [-0.3, -0.25) is 4.79 Å². The summed E-state index contributed by atoms with van der Waals surface area (Å²) in [4.78, 5) is 22.7. The lowest BCUT2D eigenvalue weighted by atomic mass is 10.2. The number of aromatic nitrogens is 1. The minimum atomic E-state index is -1.67. The third kappa shape index (κ3) is 2.23. The van der Waals surface area contributed by atoms with Crippen molar-refractivity contribution in [3.63, 3.8) is 0 Å². The number of benzene rings is 1. The molecule has 1 aromatic carbocycles. The Morgan fingerprint density at radius 1 is 1.48 bits per heavy atom. The summed E-state index contributed by atoms with van der Waals surface area (Å²) in [6.07, 6.45) is -1.60. The first-order valence-corrected chi connectivity index (χ1v) is 6.35. The molecule has 1 fully saturated rings. The zero-order chi connectivity index (χ0) is 15.3. The smallest absolute Gasteiger partial charge is 0.449 e. The minimum absolute atomic E-state index is 0.0285. The quantitative estimate of drug-likeness (QED) is 0.864. The molecule has 8 heteroatoms. The Balaban J connectivity index is 2.35. The number of pyridine rings is 1. The maximum Gasteiger partial charge on any atom is 0.511 e. The van der Waals surface area contributed by atoms with Crippen LogP contribution < -0.4 is 10.2 Å². The second-order valence-corrected chi connectivity index (χ2v) is 5.05. The van der Waals surface area contributed by atoms with Gasteiger partial charge in [0.05, 0.1) is 23.1 Å². The number of carboxylic acid groups (broad SMARTS) is 1. The number of rotatable bonds is 2. The number of hydrogen-bond acceptors (Lipinski definition) is 3. The van der Waals surface area contributed by atoms with E-state index in [1.807, 2.05) is 0 Å². The first-order chi connectivity index (χ1) is 9.90. The van der Waals surface area contributed by atoms with E-state index < -0.39 is 35.4 Å². The summed E-state index contributed by atoms with van der Waals surface area (Å²) >= 11 is 5.87. The summed E-state index contributed by atoms with van der Waals surface area (Å²) in [6.45, 7) is 0. The Labute approximate surface area is 121 Å². The summed E-state index contributed by atoms with van der Waals surface area (Å²) in [5.41, 5.74) is -0.717. The molecule has 1 saturated carbocycles. The van der Waals surface area contributed by atoms with Crippen LogP contribution in [-0.4, -0.2) is 22.0 Å². The highest BCUT2D eigenvalue weighted by Crippen LogP contribution is 2.42. The van der Waals surface area contributed by atoms with Crippen molar-refractivity contribution in [1.29, 1.82) is 0 Å². The van der Waals surface area contributed by atoms with Crippen LogP contribution in [0.3, 0.4) is 0 Å². The molecule has 1 heterocycles. The van der Waals surface area contributed by atoms with Crippen molar-refractivity contribution in [3.8, 4) is 5.75 Å². The maximum atomic E-state index is 13.6. The van der Waals surface area contributed by atoms with Gasteiger partial charge in [0, 0.05) is 6.42 Å². The number of alkyl halides is 1. The van der Waals surface area contributed by atoms with Gasteiger partial charge >= 0.3 is 6.16 Å². The lowest BCUT2D eigenvalue weighted by Crippen LogP contribution is -2.16. The van der Waals surface area contributed by atoms with E-state index >= 15 is 0 Å². The Morgan fingerprint density at radius 2 is 2.14 bits per heavy atom. The van der Waals surface area contributed by atoms with Crippen molar-refractivity contribution in [3.05, 3.63) is 39.4 Å². The molecule has 0 radical (unpaired) electrons. The molecule has 0 spiro atoms. The molecule has 2 atom stereocenters. The van der Waals surface area contributed by atoms with Crippen LogP contribution in [0.2, 0.25) is 5.02 Å². The number of hydrogen-bond donors (Lipinski definition) is 1. The molecule has 1 aliphatic rings. The predicted octanol–water partition coefficient (Wildman–Crippen LogP) is 3.13. The van der Waals surface area contributed by atoms with Gasteiger partial charge in [0.25, 0.3) is 0 Å². The fourth-order valence-electron chi connectivity index (χ4n) is 2.23. The van der Waals surface area contributed by atoms with Gasteiger partial charge in [-0.25, -0.2) is 13.6 Å². The first kappa shape index (κ1) is 13.8. The average Bonchev–Trinajstić information content (AvgIpc) is 3.13. The van der Waals surface area contributed by atoms with Crippen LogP contribution >= 0.6 is 11.6 Å². The molecule has 5 nitrogen and oxygen atoms in total. The van der Waals surface area contributed by atoms with E-state index in [1.54, 1.807) is 0 Å². The molecule has 2 aromatic rings. The molecule has 3 rings (SSSR count). The summed E-state index contributed by atoms with van der Waals surface area (Å²) < 4.78 is 32.6. The summed E-state index contributed by atoms with van der Waals surface area (Å²) in [6, 6.07) is 1.53. The van der Waals surface area contributed by atoms with E-state index in [4.69, 9.17) is 16.7 Å². The second-order valence-electron chi connectivity index (χ2n) is 4.67. The topological polar surface area (TPSA) is 68.5 Å². The van der Waals surface area contributed by atoms with E-state index in [-0.39, 0.29) is 22.3 Å². The fraction of sp³-hybridized carbons (Fsp3) is 0.231. The molecular formula is C13H8ClF2NO4. The zero-order valence-corrected chi connectivity index (χ0v) is 11.1. The highest BCUT2D eigenvalue weighted by Gasteiger charge is 2.40. The van der Waals surface area contributed by atoms with Gasteiger partial charge in [-0.05, 0) is 12.1 Å². The van der Waals surface area contributed by atoms with Gasteiger partial charge in [0.2, 0.25) is 5.43 Å². The summed E-state index contributed by atoms with van der Waals surface area (Å²) in [5, 5.41) is 8.29. The highest BCUT2D eigenvalue weighted by atomic mass is 35.5. The molecule has 1 N–H and O–H groups in total. The number of fused-ring (bicyclic) bond motifs is 1. The van der Waals surface area contributed by atoms with Gasteiger partial charge in [0.15, 0.2) is 5.75 Å². The van der Waals surface area contributed by atoms with E-state index in [0.717, 1.165) is 12.3 Å². The van der Waals surface area contributed by atoms with Crippen LogP contribution in [0.1, 0.15) is 12.5 Å². The molecule has 21 heavy (non-hydrogen) atoms. The molecular weight excluding hydrogens is 308 g/mol. The van der Waals surface area contributed by atoms with Crippen LogP contribution in [0.4, 0.5) is 13.6 Å². The van der Waals surface area contributed by atoms with Gasteiger partial charge in [-0.1, -0.05) is 11.6 Å². The van der Waals surface area contributed by atoms with Crippen molar-refractivity contribution in [2.24, 2.45) is 0 Å². The lowest BCUT2D eigenvalue weighted by Gasteiger charge is -2.13. The Hall–Kier alpha value is -2.15. The van der Waals surface area contributed by atoms with Crippen molar-refractivity contribution < 1.29 is 23.4 Å². The number of nitrogens with zero attached hydrogens (tertiary/aromatic N) is 1. The molecule has 0 unspecified atom stereocenters. The number of halogens is 3. The van der Waals surface area contributed by atoms with Crippen LogP contribution in [0.25, 0.3) is 10.9 Å². The van der Waals surface area contributed by atoms with E-state index in [1.165, 1.54) is 10.6 Å². The maximum absolute atomic E-state index is 13.6. The Morgan fingerprint density at radius 3 is 2.71 bits per heavy atom. The van der Waals surface area contributed by atoms with Crippen LogP contribution in [-0.2, 0) is 0 Å². The molecule has 0 bridgehead atoms. The Bertz CT molecular complexity index is 820. The minimum Gasteiger partial charge on any atom is -0.449 e. The molecule has 1 aliphatic carbocycles. The average molecular weight is 316 g/mol. The number of carbonyl (C=O) groups is 1. The Kier molecular flexibility index (Phi) is 3.09. The fourth-order valence-corrected chi connectivity index (χ4v) is 2.49. The van der Waals surface area contributed by atoms with Crippen LogP contribution in [0.15, 0.2) is 23.1 Å². The highest BCUT2D eigenvalue weighted by molar-refractivity contribution is 6.35. The van der Waals surface area contributed by atoms with Crippen molar-refractivity contribution >= 4 is 28.7 Å².